The number of hydrogen-bond donors (Lipinski definition) is 0. The van der Waals surface area contributed by atoms with Crippen LogP contribution in [0.2, 0.25) is 0 Å². The number of benzene rings is 1. The molecule has 0 radical (unpaired) electrons. The summed E-state index contributed by atoms with van der Waals surface area (Å²) in [5.41, 5.74) is 1.78. The Morgan fingerprint density at radius 3 is 2.74 bits per heavy atom. The monoisotopic (exact) mass is 387 g/mol. The molecule has 1 aromatic carbocycles. The largest absolute Gasteiger partial charge is 0.492 e. The molecule has 4 nitrogen and oxygen atoms in total. The first-order chi connectivity index (χ1) is 9.02. The van der Waals surface area contributed by atoms with Gasteiger partial charge in [-0.2, -0.15) is 0 Å². The number of hydrogen-bond acceptors (Lipinski definition) is 4. The molecule has 1 aromatic rings. The SMILES string of the molecule is CCOc1c(Br)cc(Br)cc1/C=C1\C(=O)ON=C1C. The van der Waals surface area contributed by atoms with E-state index in [4.69, 9.17) is 4.74 Å². The molecule has 100 valence electrons. The van der Waals surface area contributed by atoms with E-state index in [1.165, 1.54) is 0 Å². The summed E-state index contributed by atoms with van der Waals surface area (Å²) in [5.74, 6) is 0.238. The quantitative estimate of drug-likeness (QED) is 0.582. The zero-order valence-corrected chi connectivity index (χ0v) is 13.5. The maximum absolute atomic E-state index is 11.6. The number of halogens is 2. The van der Waals surface area contributed by atoms with Crippen LogP contribution in [0.25, 0.3) is 6.08 Å². The average molecular weight is 389 g/mol. The van der Waals surface area contributed by atoms with Gasteiger partial charge < -0.3 is 9.57 Å². The lowest BCUT2D eigenvalue weighted by molar-refractivity contribution is -0.136. The number of nitrogens with zero attached hydrogens (tertiary/aromatic N) is 1. The van der Waals surface area contributed by atoms with Crippen molar-refractivity contribution in [3.63, 3.8) is 0 Å². The zero-order chi connectivity index (χ0) is 14.0. The van der Waals surface area contributed by atoms with Crippen molar-refractivity contribution in [3.8, 4) is 5.75 Å². The Bertz CT molecular complexity index is 594. The maximum atomic E-state index is 11.6. The van der Waals surface area contributed by atoms with Crippen molar-refractivity contribution in [1.29, 1.82) is 0 Å². The summed E-state index contributed by atoms with van der Waals surface area (Å²) in [6.45, 7) is 4.17. The van der Waals surface area contributed by atoms with Crippen LogP contribution >= 0.6 is 31.9 Å². The summed E-state index contributed by atoms with van der Waals surface area (Å²) in [6.07, 6.45) is 1.72. The van der Waals surface area contributed by atoms with E-state index in [1.54, 1.807) is 13.0 Å². The lowest BCUT2D eigenvalue weighted by atomic mass is 10.1. The first-order valence-corrected chi connectivity index (χ1v) is 7.21. The highest BCUT2D eigenvalue weighted by atomic mass is 79.9. The standard InChI is InChI=1S/C13H11Br2NO3/c1-3-18-12-8(4-9(14)6-11(12)15)5-10-7(2)16-19-13(10)17/h4-6H,3H2,1-2H3/b10-5-. The molecule has 0 fully saturated rings. The van der Waals surface area contributed by atoms with E-state index in [-0.39, 0.29) is 0 Å². The molecule has 19 heavy (non-hydrogen) atoms. The lowest BCUT2D eigenvalue weighted by Gasteiger charge is -2.10. The van der Waals surface area contributed by atoms with Crippen LogP contribution in [-0.2, 0) is 9.63 Å². The van der Waals surface area contributed by atoms with Crippen LogP contribution in [0, 0.1) is 0 Å². The normalized spacial score (nSPS) is 16.5. The predicted molar refractivity (Wildman–Crippen MR) is 80.2 cm³/mol. The van der Waals surface area contributed by atoms with E-state index in [1.807, 2.05) is 19.1 Å². The van der Waals surface area contributed by atoms with Crippen LogP contribution < -0.4 is 4.74 Å². The molecule has 0 aromatic heterocycles. The van der Waals surface area contributed by atoms with Crippen LogP contribution in [0.1, 0.15) is 19.4 Å². The number of oxime groups is 1. The first kappa shape index (κ1) is 14.3. The van der Waals surface area contributed by atoms with Crippen LogP contribution in [0.15, 0.2) is 31.8 Å². The van der Waals surface area contributed by atoms with E-state index in [2.05, 4.69) is 41.9 Å². The van der Waals surface area contributed by atoms with Crippen LogP contribution in [0.3, 0.4) is 0 Å². The van der Waals surface area contributed by atoms with Crippen LogP contribution in [-0.4, -0.2) is 18.3 Å². The molecule has 1 aliphatic rings. The second-order valence-electron chi connectivity index (χ2n) is 3.85. The Hall–Kier alpha value is -1.14. The Morgan fingerprint density at radius 2 is 2.16 bits per heavy atom. The summed E-state index contributed by atoms with van der Waals surface area (Å²) >= 11 is 6.86. The van der Waals surface area contributed by atoms with Gasteiger partial charge in [-0.3, -0.25) is 0 Å². The minimum atomic E-state index is -0.448. The van der Waals surface area contributed by atoms with Crippen molar-refractivity contribution >= 4 is 49.6 Å². The third-order valence-corrected chi connectivity index (χ3v) is 3.55. The van der Waals surface area contributed by atoms with E-state index in [0.717, 1.165) is 14.5 Å². The molecule has 0 bridgehead atoms. The van der Waals surface area contributed by atoms with Crippen LogP contribution in [0.4, 0.5) is 0 Å². The van der Waals surface area contributed by atoms with Gasteiger partial charge in [0.2, 0.25) is 0 Å². The highest BCUT2D eigenvalue weighted by Gasteiger charge is 2.22. The van der Waals surface area contributed by atoms with E-state index < -0.39 is 5.97 Å². The van der Waals surface area contributed by atoms with Gasteiger partial charge in [-0.1, -0.05) is 21.1 Å². The maximum Gasteiger partial charge on any atom is 0.367 e. The molecular formula is C13H11Br2NO3. The van der Waals surface area contributed by atoms with E-state index >= 15 is 0 Å². The van der Waals surface area contributed by atoms with Gasteiger partial charge in [0, 0.05) is 10.0 Å². The average Bonchev–Trinajstić information content (AvgIpc) is 2.65. The third-order valence-electron chi connectivity index (χ3n) is 2.50. The second kappa shape index (κ2) is 5.88. The summed E-state index contributed by atoms with van der Waals surface area (Å²) < 4.78 is 7.30. The third kappa shape index (κ3) is 3.06. The van der Waals surface area contributed by atoms with Gasteiger partial charge >= 0.3 is 5.97 Å². The van der Waals surface area contributed by atoms with Crippen molar-refractivity contribution < 1.29 is 14.4 Å². The molecule has 0 saturated carbocycles. The van der Waals surface area contributed by atoms with Crippen LogP contribution in [0.5, 0.6) is 5.75 Å². The van der Waals surface area contributed by atoms with E-state index in [0.29, 0.717) is 23.6 Å². The molecule has 1 heterocycles. The molecule has 0 N–H and O–H groups in total. The summed E-state index contributed by atoms with van der Waals surface area (Å²) in [5, 5.41) is 3.65. The molecule has 0 spiro atoms. The topological polar surface area (TPSA) is 47.9 Å². The Morgan fingerprint density at radius 1 is 1.42 bits per heavy atom. The minimum Gasteiger partial charge on any atom is -0.492 e. The van der Waals surface area contributed by atoms with E-state index in [9.17, 15) is 4.79 Å². The van der Waals surface area contributed by atoms with Gasteiger partial charge in [0.1, 0.15) is 5.75 Å². The molecule has 0 amide bonds. The Labute approximate surface area is 127 Å². The van der Waals surface area contributed by atoms with Gasteiger partial charge in [-0.15, -0.1) is 0 Å². The lowest BCUT2D eigenvalue weighted by Crippen LogP contribution is -2.03. The van der Waals surface area contributed by atoms with Crippen molar-refractivity contribution in [2.24, 2.45) is 5.16 Å². The van der Waals surface area contributed by atoms with Crippen molar-refractivity contribution in [2.75, 3.05) is 6.61 Å². The number of ether oxygens (including phenoxy) is 1. The van der Waals surface area contributed by atoms with Crippen molar-refractivity contribution in [2.45, 2.75) is 13.8 Å². The Kier molecular flexibility index (Phi) is 4.42. The highest BCUT2D eigenvalue weighted by Crippen LogP contribution is 2.34. The fourth-order valence-corrected chi connectivity index (χ4v) is 3.03. The summed E-state index contributed by atoms with van der Waals surface area (Å²) in [6, 6.07) is 3.77. The van der Waals surface area contributed by atoms with Gasteiger partial charge in [0.05, 0.1) is 22.4 Å². The molecule has 1 aliphatic heterocycles. The molecule has 0 saturated heterocycles. The Balaban J connectivity index is 2.53. The molecule has 0 aliphatic carbocycles. The van der Waals surface area contributed by atoms with Gasteiger partial charge in [0.25, 0.3) is 0 Å². The fourth-order valence-electron chi connectivity index (χ4n) is 1.66. The molecule has 0 atom stereocenters. The number of rotatable bonds is 3. The first-order valence-electron chi connectivity index (χ1n) is 5.62. The summed E-state index contributed by atoms with van der Waals surface area (Å²) in [7, 11) is 0. The van der Waals surface area contributed by atoms with Gasteiger partial charge in [-0.25, -0.2) is 4.79 Å². The minimum absolute atomic E-state index is 0.436. The van der Waals surface area contributed by atoms with Crippen molar-refractivity contribution in [3.05, 3.63) is 32.2 Å². The van der Waals surface area contributed by atoms with Gasteiger partial charge in [0.15, 0.2) is 0 Å². The van der Waals surface area contributed by atoms with Crippen molar-refractivity contribution in [1.82, 2.24) is 0 Å². The van der Waals surface area contributed by atoms with Gasteiger partial charge in [-0.05, 0) is 48.0 Å². The predicted octanol–water partition coefficient (Wildman–Crippen LogP) is 3.93. The second-order valence-corrected chi connectivity index (χ2v) is 5.62. The zero-order valence-electron chi connectivity index (χ0n) is 10.4. The number of carbonyl (C=O) groups is 1. The summed E-state index contributed by atoms with van der Waals surface area (Å²) in [4.78, 5) is 16.2. The smallest absolute Gasteiger partial charge is 0.367 e. The fraction of sp³-hybridized carbons (Fsp3) is 0.231. The molecule has 2 rings (SSSR count). The molecule has 6 heteroatoms. The molecular weight excluding hydrogens is 378 g/mol. The highest BCUT2D eigenvalue weighted by molar-refractivity contribution is 9.11. The molecule has 0 unspecified atom stereocenters. The number of carbonyl (C=O) groups excluding carboxylic acids is 1.